The topological polar surface area (TPSA) is 75.3 Å². The van der Waals surface area contributed by atoms with Gasteiger partial charge in [-0.05, 0) is 42.6 Å². The second-order valence-corrected chi connectivity index (χ2v) is 6.17. The molecule has 0 aliphatic rings. The smallest absolute Gasteiger partial charge is 0.254 e. The first kappa shape index (κ1) is 17.8. The van der Waals surface area contributed by atoms with E-state index in [1.165, 1.54) is 0 Å². The number of H-pyrrole nitrogens is 1. The van der Waals surface area contributed by atoms with Crippen molar-refractivity contribution in [3.63, 3.8) is 0 Å². The van der Waals surface area contributed by atoms with Crippen LogP contribution >= 0.6 is 0 Å². The van der Waals surface area contributed by atoms with Gasteiger partial charge >= 0.3 is 0 Å². The van der Waals surface area contributed by atoms with Crippen LogP contribution in [0.2, 0.25) is 0 Å². The van der Waals surface area contributed by atoms with Crippen LogP contribution in [0.1, 0.15) is 21.5 Å². The number of fused-ring (bicyclic) bond motifs is 1. The van der Waals surface area contributed by atoms with Crippen molar-refractivity contribution in [2.45, 2.75) is 13.5 Å². The van der Waals surface area contributed by atoms with Crippen LogP contribution in [0.4, 0.5) is 0 Å². The van der Waals surface area contributed by atoms with Crippen molar-refractivity contribution in [1.29, 1.82) is 0 Å². The van der Waals surface area contributed by atoms with E-state index in [2.05, 4.69) is 9.97 Å². The van der Waals surface area contributed by atoms with E-state index in [4.69, 9.17) is 4.74 Å². The first-order valence-electron chi connectivity index (χ1n) is 8.39. The van der Waals surface area contributed by atoms with E-state index in [-0.39, 0.29) is 18.0 Å². The molecule has 0 atom stereocenters. The van der Waals surface area contributed by atoms with Crippen molar-refractivity contribution in [3.05, 3.63) is 75.8 Å². The van der Waals surface area contributed by atoms with Crippen LogP contribution in [0.15, 0.2) is 53.6 Å². The molecule has 0 saturated carbocycles. The highest BCUT2D eigenvalue weighted by atomic mass is 16.5. The van der Waals surface area contributed by atoms with Gasteiger partial charge in [-0.15, -0.1) is 0 Å². The third kappa shape index (κ3) is 3.97. The zero-order chi connectivity index (χ0) is 18.5. The van der Waals surface area contributed by atoms with E-state index < -0.39 is 0 Å². The third-order valence-corrected chi connectivity index (χ3v) is 4.22. The molecule has 2 heterocycles. The summed E-state index contributed by atoms with van der Waals surface area (Å²) >= 11 is 0. The molecule has 6 nitrogen and oxygen atoms in total. The molecule has 0 unspecified atom stereocenters. The maximum atomic E-state index is 12.8. The summed E-state index contributed by atoms with van der Waals surface area (Å²) in [5.74, 6) is -0.159. The number of pyridine rings is 2. The number of nitrogens with zero attached hydrogens (tertiary/aromatic N) is 2. The fraction of sp³-hybridized carbons (Fsp3) is 0.250. The summed E-state index contributed by atoms with van der Waals surface area (Å²) in [4.78, 5) is 33.7. The largest absolute Gasteiger partial charge is 0.383 e. The number of amides is 1. The first-order chi connectivity index (χ1) is 12.6. The summed E-state index contributed by atoms with van der Waals surface area (Å²) in [7, 11) is 1.58. The molecule has 26 heavy (non-hydrogen) atoms. The van der Waals surface area contributed by atoms with Crippen molar-refractivity contribution >= 4 is 16.8 Å². The lowest BCUT2D eigenvalue weighted by molar-refractivity contribution is 0.0679. The zero-order valence-corrected chi connectivity index (χ0v) is 14.9. The van der Waals surface area contributed by atoms with E-state index in [0.717, 1.165) is 16.5 Å². The van der Waals surface area contributed by atoms with Gasteiger partial charge in [0.15, 0.2) is 0 Å². The molecule has 0 saturated heterocycles. The lowest BCUT2D eigenvalue weighted by Crippen LogP contribution is -2.35. The summed E-state index contributed by atoms with van der Waals surface area (Å²) in [6.07, 6.45) is 3.15. The van der Waals surface area contributed by atoms with Crippen molar-refractivity contribution in [2.75, 3.05) is 20.3 Å². The fourth-order valence-corrected chi connectivity index (χ4v) is 2.83. The second kappa shape index (κ2) is 7.93. The number of hydrogen-bond donors (Lipinski definition) is 1. The molecule has 0 radical (unpaired) electrons. The quantitative estimate of drug-likeness (QED) is 0.740. The summed E-state index contributed by atoms with van der Waals surface area (Å²) in [6, 6.07) is 11.0. The van der Waals surface area contributed by atoms with Crippen molar-refractivity contribution in [3.8, 4) is 0 Å². The van der Waals surface area contributed by atoms with E-state index in [9.17, 15) is 9.59 Å². The predicted octanol–water partition coefficient (Wildman–Crippen LogP) is 2.52. The zero-order valence-electron chi connectivity index (χ0n) is 14.9. The number of aromatic amines is 1. The molecule has 0 bridgehead atoms. The molecular formula is C20H21N3O3. The monoisotopic (exact) mass is 351 g/mol. The Bertz CT molecular complexity index is 967. The summed E-state index contributed by atoms with van der Waals surface area (Å²) in [5, 5.41) is 0.947. The minimum Gasteiger partial charge on any atom is -0.383 e. The summed E-state index contributed by atoms with van der Waals surface area (Å²) in [6.45, 7) is 3.00. The highest BCUT2D eigenvalue weighted by Gasteiger charge is 2.17. The van der Waals surface area contributed by atoms with Crippen LogP contribution in [-0.2, 0) is 11.3 Å². The molecule has 0 spiro atoms. The Morgan fingerprint density at radius 3 is 2.69 bits per heavy atom. The number of aromatic nitrogens is 2. The molecule has 134 valence electrons. The highest BCUT2D eigenvalue weighted by molar-refractivity contribution is 5.94. The highest BCUT2D eigenvalue weighted by Crippen LogP contribution is 2.15. The van der Waals surface area contributed by atoms with E-state index in [1.54, 1.807) is 36.5 Å². The number of carbonyl (C=O) groups excluding carboxylic acids is 1. The Labute approximate surface area is 151 Å². The molecule has 0 aliphatic heterocycles. The third-order valence-electron chi connectivity index (χ3n) is 4.22. The SMILES string of the molecule is COCCN(Cc1cc2cc(C)ccc2[nH]c1=O)C(=O)c1ccncc1. The summed E-state index contributed by atoms with van der Waals surface area (Å²) < 4.78 is 5.12. The standard InChI is InChI=1S/C20H21N3O3/c1-14-3-4-18-16(11-14)12-17(19(24)22-18)13-23(9-10-26-2)20(25)15-5-7-21-8-6-15/h3-8,11-12H,9-10,13H2,1-2H3,(H,22,24). The van der Waals surface area contributed by atoms with E-state index in [0.29, 0.717) is 24.3 Å². The molecule has 1 aromatic carbocycles. The van der Waals surface area contributed by atoms with Gasteiger partial charge in [-0.3, -0.25) is 14.6 Å². The minimum absolute atomic E-state index is 0.159. The van der Waals surface area contributed by atoms with E-state index >= 15 is 0 Å². The Morgan fingerprint density at radius 1 is 1.19 bits per heavy atom. The molecule has 1 amide bonds. The van der Waals surface area contributed by atoms with Crippen molar-refractivity contribution < 1.29 is 9.53 Å². The first-order valence-corrected chi connectivity index (χ1v) is 8.39. The Hall–Kier alpha value is -2.99. The maximum Gasteiger partial charge on any atom is 0.254 e. The van der Waals surface area contributed by atoms with Crippen LogP contribution in [-0.4, -0.2) is 41.0 Å². The van der Waals surface area contributed by atoms with Gasteiger partial charge in [0.2, 0.25) is 0 Å². The Balaban J connectivity index is 1.93. The van der Waals surface area contributed by atoms with Gasteiger partial charge in [0.25, 0.3) is 11.5 Å². The van der Waals surface area contributed by atoms with Gasteiger partial charge < -0.3 is 14.6 Å². The van der Waals surface area contributed by atoms with Gasteiger partial charge in [0.05, 0.1) is 13.2 Å². The van der Waals surface area contributed by atoms with Gasteiger partial charge in [-0.1, -0.05) is 11.6 Å². The minimum atomic E-state index is -0.189. The van der Waals surface area contributed by atoms with Crippen LogP contribution in [0.25, 0.3) is 10.9 Å². The normalized spacial score (nSPS) is 10.8. The maximum absolute atomic E-state index is 12.8. The number of ether oxygens (including phenoxy) is 1. The summed E-state index contributed by atoms with van der Waals surface area (Å²) in [5.41, 5.74) is 2.78. The second-order valence-electron chi connectivity index (χ2n) is 6.17. The van der Waals surface area contributed by atoms with E-state index in [1.807, 2.05) is 31.2 Å². The molecule has 3 aromatic rings. The lowest BCUT2D eigenvalue weighted by atomic mass is 10.1. The van der Waals surface area contributed by atoms with Crippen LogP contribution in [0, 0.1) is 6.92 Å². The van der Waals surface area contributed by atoms with Gasteiger partial charge in [-0.2, -0.15) is 0 Å². The van der Waals surface area contributed by atoms with Crippen LogP contribution in [0.3, 0.4) is 0 Å². The number of nitrogens with one attached hydrogen (secondary N) is 1. The fourth-order valence-electron chi connectivity index (χ4n) is 2.83. The van der Waals surface area contributed by atoms with Crippen molar-refractivity contribution in [1.82, 2.24) is 14.9 Å². The average Bonchev–Trinajstić information content (AvgIpc) is 2.66. The Kier molecular flexibility index (Phi) is 5.43. The number of benzene rings is 1. The number of hydrogen-bond acceptors (Lipinski definition) is 4. The Morgan fingerprint density at radius 2 is 1.96 bits per heavy atom. The molecule has 1 N–H and O–H groups in total. The van der Waals surface area contributed by atoms with Crippen LogP contribution in [0.5, 0.6) is 0 Å². The van der Waals surface area contributed by atoms with Crippen molar-refractivity contribution in [2.24, 2.45) is 0 Å². The number of aryl methyl sites for hydroxylation is 1. The van der Waals surface area contributed by atoms with Gasteiger partial charge in [0.1, 0.15) is 0 Å². The molecule has 2 aromatic heterocycles. The molecule has 0 fully saturated rings. The van der Waals surface area contributed by atoms with Crippen LogP contribution < -0.4 is 5.56 Å². The van der Waals surface area contributed by atoms with Gasteiger partial charge in [-0.25, -0.2) is 0 Å². The molecular weight excluding hydrogens is 330 g/mol. The van der Waals surface area contributed by atoms with Gasteiger partial charge in [0, 0.05) is 42.7 Å². The number of rotatable bonds is 6. The molecule has 6 heteroatoms. The lowest BCUT2D eigenvalue weighted by Gasteiger charge is -2.22. The average molecular weight is 351 g/mol. The predicted molar refractivity (Wildman–Crippen MR) is 100 cm³/mol. The molecule has 3 rings (SSSR count). The number of methoxy groups -OCH3 is 1. The number of carbonyl (C=O) groups is 1. The molecule has 0 aliphatic carbocycles.